The molecule has 1 aromatic rings. The molecule has 0 amide bonds. The van der Waals surface area contributed by atoms with Crippen LogP contribution in [0, 0.1) is 10.1 Å². The Morgan fingerprint density at radius 2 is 2.14 bits per heavy atom. The maximum absolute atomic E-state index is 11.7. The van der Waals surface area contributed by atoms with Crippen molar-refractivity contribution in [3.8, 4) is 0 Å². The molecule has 8 nitrogen and oxygen atoms in total. The molecule has 0 aliphatic carbocycles. The molecule has 1 atom stereocenters. The van der Waals surface area contributed by atoms with Crippen LogP contribution in [0.25, 0.3) is 0 Å². The van der Waals surface area contributed by atoms with E-state index >= 15 is 0 Å². The molecule has 124 valence electrons. The Kier molecular flexibility index (Phi) is 6.48. The Labute approximate surface area is 129 Å². The predicted octanol–water partition coefficient (Wildman–Crippen LogP) is 2.02. The average Bonchev–Trinajstić information content (AvgIpc) is 2.84. The number of aryl methyl sites for hydroxylation is 1. The van der Waals surface area contributed by atoms with Gasteiger partial charge < -0.3 is 20.6 Å². The van der Waals surface area contributed by atoms with Gasteiger partial charge in [0.2, 0.25) is 0 Å². The molecule has 0 spiro atoms. The predicted molar refractivity (Wildman–Crippen MR) is 81.2 cm³/mol. The highest BCUT2D eigenvalue weighted by Crippen LogP contribution is 2.13. The maximum atomic E-state index is 11.7. The molecule has 0 saturated carbocycles. The number of hydrogen-bond donors (Lipinski definition) is 1. The van der Waals surface area contributed by atoms with Crippen molar-refractivity contribution >= 4 is 11.9 Å². The van der Waals surface area contributed by atoms with E-state index < -0.39 is 22.5 Å². The molecule has 1 unspecified atom stereocenters. The number of nitrogens with zero attached hydrogens (tertiary/aromatic N) is 3. The number of carbonyl (C=O) groups is 1. The van der Waals surface area contributed by atoms with Crippen molar-refractivity contribution < 1.29 is 14.5 Å². The lowest BCUT2D eigenvalue weighted by Gasteiger charge is -2.22. The summed E-state index contributed by atoms with van der Waals surface area (Å²) in [7, 11) is 0. The van der Waals surface area contributed by atoms with Gasteiger partial charge >= 0.3 is 11.9 Å². The van der Waals surface area contributed by atoms with Gasteiger partial charge in [-0.1, -0.05) is 17.8 Å². The number of imidazole rings is 1. The number of unbranched alkanes of at least 4 members (excludes halogenated alkanes) is 2. The largest absolute Gasteiger partial charge is 0.459 e. The van der Waals surface area contributed by atoms with Crippen molar-refractivity contribution in [1.29, 1.82) is 0 Å². The van der Waals surface area contributed by atoms with Gasteiger partial charge in [-0.2, -0.15) is 0 Å². The summed E-state index contributed by atoms with van der Waals surface area (Å²) in [5.41, 5.74) is 5.25. The van der Waals surface area contributed by atoms with Gasteiger partial charge in [0, 0.05) is 0 Å². The first kappa shape index (κ1) is 18.1. The van der Waals surface area contributed by atoms with Crippen LogP contribution in [0.3, 0.4) is 0 Å². The summed E-state index contributed by atoms with van der Waals surface area (Å²) in [5.74, 6) is -0.539. The Hall–Kier alpha value is -1.96. The number of hydrogen-bond acceptors (Lipinski definition) is 6. The fourth-order valence-electron chi connectivity index (χ4n) is 1.97. The third kappa shape index (κ3) is 6.21. The topological polar surface area (TPSA) is 113 Å². The molecule has 1 heterocycles. The average molecular weight is 312 g/mol. The number of esters is 1. The molecular formula is C14H24N4O4. The highest BCUT2D eigenvalue weighted by atomic mass is 16.6. The first-order chi connectivity index (χ1) is 10.2. The molecule has 0 aliphatic heterocycles. The van der Waals surface area contributed by atoms with Gasteiger partial charge in [0.25, 0.3) is 0 Å². The van der Waals surface area contributed by atoms with E-state index in [0.29, 0.717) is 13.0 Å². The smallest absolute Gasteiger partial charge is 0.434 e. The van der Waals surface area contributed by atoms with E-state index in [-0.39, 0.29) is 5.95 Å². The zero-order valence-corrected chi connectivity index (χ0v) is 13.3. The van der Waals surface area contributed by atoms with Gasteiger partial charge in [-0.3, -0.25) is 4.79 Å². The fraction of sp³-hybridized carbons (Fsp3) is 0.714. The van der Waals surface area contributed by atoms with E-state index in [0.717, 1.165) is 19.3 Å². The first-order valence-electron chi connectivity index (χ1n) is 7.34. The molecule has 0 fully saturated rings. The normalized spacial score (nSPS) is 12.9. The van der Waals surface area contributed by atoms with Crippen LogP contribution in [0.5, 0.6) is 0 Å². The van der Waals surface area contributed by atoms with Crippen molar-refractivity contribution in [1.82, 2.24) is 9.55 Å². The van der Waals surface area contributed by atoms with Crippen LogP contribution in [0.2, 0.25) is 0 Å². The summed E-state index contributed by atoms with van der Waals surface area (Å²) in [5, 5.41) is 10.7. The van der Waals surface area contributed by atoms with Crippen molar-refractivity contribution in [3.05, 3.63) is 22.5 Å². The van der Waals surface area contributed by atoms with Crippen LogP contribution in [0.4, 0.5) is 5.95 Å². The van der Waals surface area contributed by atoms with Crippen molar-refractivity contribution in [2.45, 2.75) is 64.6 Å². The van der Waals surface area contributed by atoms with E-state index in [2.05, 4.69) is 4.98 Å². The fourth-order valence-corrected chi connectivity index (χ4v) is 1.97. The van der Waals surface area contributed by atoms with Gasteiger partial charge in [-0.15, -0.1) is 0 Å². The maximum Gasteiger partial charge on any atom is 0.434 e. The summed E-state index contributed by atoms with van der Waals surface area (Å²) in [4.78, 5) is 25.6. The Morgan fingerprint density at radius 1 is 1.45 bits per heavy atom. The highest BCUT2D eigenvalue weighted by molar-refractivity contribution is 5.75. The number of rotatable bonds is 8. The molecule has 0 radical (unpaired) electrons. The Morgan fingerprint density at radius 3 is 2.73 bits per heavy atom. The van der Waals surface area contributed by atoms with Gasteiger partial charge in [-0.25, -0.2) is 4.57 Å². The molecule has 2 N–H and O–H groups in total. The molecular weight excluding hydrogens is 288 g/mol. The second kappa shape index (κ2) is 7.88. The highest BCUT2D eigenvalue weighted by Gasteiger charge is 2.21. The monoisotopic (exact) mass is 312 g/mol. The third-order valence-corrected chi connectivity index (χ3v) is 2.98. The van der Waals surface area contributed by atoms with Gasteiger partial charge in [0.15, 0.2) is 0 Å². The van der Waals surface area contributed by atoms with Crippen LogP contribution in [0.15, 0.2) is 12.4 Å². The number of nitrogens with two attached hydrogens (primary N) is 1. The Bertz CT molecular complexity index is 507. The summed E-state index contributed by atoms with van der Waals surface area (Å²) < 4.78 is 6.71. The third-order valence-electron chi connectivity index (χ3n) is 2.98. The number of carbonyl (C=O) groups excluding carboxylic acids is 1. The lowest BCUT2D eigenvalue weighted by atomic mass is 10.1. The number of nitro groups is 1. The van der Waals surface area contributed by atoms with Crippen LogP contribution in [0.1, 0.15) is 46.5 Å². The van der Waals surface area contributed by atoms with Crippen molar-refractivity contribution in [2.24, 2.45) is 5.73 Å². The zero-order valence-electron chi connectivity index (χ0n) is 13.3. The van der Waals surface area contributed by atoms with Gasteiger partial charge in [-0.05, 0) is 38.5 Å². The molecule has 8 heteroatoms. The Balaban J connectivity index is 2.24. The van der Waals surface area contributed by atoms with Crippen molar-refractivity contribution in [3.63, 3.8) is 0 Å². The second-order valence-electron chi connectivity index (χ2n) is 6.17. The first-order valence-corrected chi connectivity index (χ1v) is 7.34. The van der Waals surface area contributed by atoms with E-state index in [4.69, 9.17) is 10.5 Å². The van der Waals surface area contributed by atoms with E-state index in [9.17, 15) is 14.9 Å². The second-order valence-corrected chi connectivity index (χ2v) is 6.17. The minimum Gasteiger partial charge on any atom is -0.459 e. The molecule has 0 saturated heterocycles. The standard InChI is InChI=1S/C14H24N4O4/c1-14(2,3)22-12(19)11(15)7-5-4-6-9-17-10-8-16-13(17)18(20)21/h8,10-11H,4-7,9,15H2,1-3H3. The summed E-state index contributed by atoms with van der Waals surface area (Å²) in [6.45, 7) is 5.93. The quantitative estimate of drug-likeness (QED) is 0.340. The lowest BCUT2D eigenvalue weighted by molar-refractivity contribution is -0.396. The number of ether oxygens (including phenoxy) is 1. The van der Waals surface area contributed by atoms with E-state index in [1.807, 2.05) is 0 Å². The van der Waals surface area contributed by atoms with Gasteiger partial charge in [0.1, 0.15) is 24.0 Å². The van der Waals surface area contributed by atoms with E-state index in [1.54, 1.807) is 27.0 Å². The SMILES string of the molecule is CC(C)(C)OC(=O)C(N)CCCCCn1ccnc1[N+](=O)[O-]. The van der Waals surface area contributed by atoms with Crippen LogP contribution < -0.4 is 5.73 Å². The molecule has 0 aromatic carbocycles. The summed E-state index contributed by atoms with van der Waals surface area (Å²) >= 11 is 0. The van der Waals surface area contributed by atoms with Crippen LogP contribution in [-0.4, -0.2) is 32.1 Å². The summed E-state index contributed by atoms with van der Waals surface area (Å²) in [6, 6.07) is -0.623. The van der Waals surface area contributed by atoms with E-state index in [1.165, 1.54) is 10.8 Å². The molecule has 1 rings (SSSR count). The molecule has 0 aliphatic rings. The molecule has 1 aromatic heterocycles. The molecule has 22 heavy (non-hydrogen) atoms. The van der Waals surface area contributed by atoms with Crippen LogP contribution in [-0.2, 0) is 16.1 Å². The van der Waals surface area contributed by atoms with Gasteiger partial charge in [0.05, 0.1) is 6.54 Å². The minimum absolute atomic E-state index is 0.148. The minimum atomic E-state index is -0.623. The van der Waals surface area contributed by atoms with Crippen LogP contribution >= 0.6 is 0 Å². The zero-order chi connectivity index (χ0) is 16.8. The summed E-state index contributed by atoms with van der Waals surface area (Å²) in [6.07, 6.45) is 5.90. The molecule has 0 bridgehead atoms. The number of aromatic nitrogens is 2. The lowest BCUT2D eigenvalue weighted by Crippen LogP contribution is -2.37. The van der Waals surface area contributed by atoms with Crippen molar-refractivity contribution in [2.75, 3.05) is 0 Å².